The minimum absolute atomic E-state index is 0.0973. The molecule has 0 unspecified atom stereocenters. The van der Waals surface area contributed by atoms with Crippen molar-refractivity contribution in [3.63, 3.8) is 0 Å². The molecule has 1 aliphatic heterocycles. The molecule has 0 radical (unpaired) electrons. The number of benzene rings is 2. The number of methoxy groups -OCH3 is 2. The van der Waals surface area contributed by atoms with E-state index in [1.54, 1.807) is 18.2 Å². The molecule has 4 rings (SSSR count). The van der Waals surface area contributed by atoms with Crippen LogP contribution in [0.3, 0.4) is 0 Å². The van der Waals surface area contributed by atoms with Crippen molar-refractivity contribution in [2.45, 2.75) is 17.9 Å². The maximum Gasteiger partial charge on any atom is 0.247 e. The lowest BCUT2D eigenvalue weighted by Gasteiger charge is -2.27. The Bertz CT molecular complexity index is 1120. The molecule has 1 N–H and O–H groups in total. The zero-order valence-electron chi connectivity index (χ0n) is 15.0. The molecule has 0 atom stereocenters. The van der Waals surface area contributed by atoms with Crippen LogP contribution in [0.4, 0.5) is 4.39 Å². The normalized spacial score (nSPS) is 14.9. The van der Waals surface area contributed by atoms with Crippen molar-refractivity contribution in [2.75, 3.05) is 20.8 Å². The van der Waals surface area contributed by atoms with E-state index in [9.17, 15) is 12.8 Å². The lowest BCUT2D eigenvalue weighted by molar-refractivity contribution is 0.372. The number of nitrogens with one attached hydrogen (secondary N) is 1. The molecule has 0 saturated heterocycles. The Balaban J connectivity index is 1.74. The second-order valence-corrected chi connectivity index (χ2v) is 8.28. The van der Waals surface area contributed by atoms with E-state index in [-0.39, 0.29) is 23.0 Å². The topological polar surface area (TPSA) is 71.6 Å². The van der Waals surface area contributed by atoms with Gasteiger partial charge in [-0.05, 0) is 35.9 Å². The van der Waals surface area contributed by atoms with Gasteiger partial charge in [0.05, 0.1) is 14.2 Å². The number of ether oxygens (including phenoxy) is 2. The van der Waals surface area contributed by atoms with Gasteiger partial charge in [0.1, 0.15) is 22.2 Å². The quantitative estimate of drug-likeness (QED) is 0.743. The number of H-pyrrole nitrogens is 1. The Hall–Kier alpha value is -2.58. The van der Waals surface area contributed by atoms with Gasteiger partial charge in [-0.15, -0.1) is 0 Å². The number of rotatable bonds is 4. The maximum atomic E-state index is 13.5. The largest absolute Gasteiger partial charge is 0.497 e. The summed E-state index contributed by atoms with van der Waals surface area (Å²) in [6.45, 7) is 0.554. The third kappa shape index (κ3) is 2.94. The van der Waals surface area contributed by atoms with Gasteiger partial charge in [0.2, 0.25) is 10.0 Å². The fraction of sp³-hybridized carbons (Fsp3) is 0.263. The summed E-state index contributed by atoms with van der Waals surface area (Å²) in [7, 11) is -0.827. The maximum absolute atomic E-state index is 13.5. The van der Waals surface area contributed by atoms with Gasteiger partial charge in [-0.25, -0.2) is 12.8 Å². The first kappa shape index (κ1) is 17.8. The first-order chi connectivity index (χ1) is 12.9. The summed E-state index contributed by atoms with van der Waals surface area (Å²) in [4.78, 5) is 3.30. The highest BCUT2D eigenvalue weighted by Crippen LogP contribution is 2.34. The van der Waals surface area contributed by atoms with Gasteiger partial charge in [0.25, 0.3) is 0 Å². The Morgan fingerprint density at radius 3 is 2.67 bits per heavy atom. The van der Waals surface area contributed by atoms with E-state index in [1.165, 1.54) is 36.7 Å². The SMILES string of the molecule is COc1ccc(S(=O)(=O)N2CCc3[nH]c4cc(F)ccc4c3C2)c(OC)c1. The van der Waals surface area contributed by atoms with Gasteiger partial charge < -0.3 is 14.5 Å². The van der Waals surface area contributed by atoms with E-state index in [1.807, 2.05) is 0 Å². The molecular formula is C19H19FN2O4S. The zero-order chi connectivity index (χ0) is 19.2. The van der Waals surface area contributed by atoms with Gasteiger partial charge >= 0.3 is 0 Å². The highest BCUT2D eigenvalue weighted by molar-refractivity contribution is 7.89. The molecule has 1 aliphatic rings. The number of nitrogens with zero attached hydrogens (tertiary/aromatic N) is 1. The summed E-state index contributed by atoms with van der Waals surface area (Å²) >= 11 is 0. The third-order valence-electron chi connectivity index (χ3n) is 4.89. The second kappa shape index (κ2) is 6.54. The molecule has 142 valence electrons. The van der Waals surface area contributed by atoms with Crippen molar-refractivity contribution in [3.05, 3.63) is 53.5 Å². The Kier molecular flexibility index (Phi) is 4.32. The number of aromatic amines is 1. The molecular weight excluding hydrogens is 371 g/mol. The van der Waals surface area contributed by atoms with Crippen molar-refractivity contribution in [1.29, 1.82) is 0 Å². The van der Waals surface area contributed by atoms with Crippen molar-refractivity contribution < 1.29 is 22.3 Å². The molecule has 1 aromatic heterocycles. The Labute approximate surface area is 156 Å². The summed E-state index contributed by atoms with van der Waals surface area (Å²) in [6.07, 6.45) is 0.531. The van der Waals surface area contributed by atoms with E-state index in [0.717, 1.165) is 16.6 Å². The molecule has 2 aromatic carbocycles. The van der Waals surface area contributed by atoms with Crippen LogP contribution in [0.25, 0.3) is 10.9 Å². The van der Waals surface area contributed by atoms with E-state index in [0.29, 0.717) is 24.2 Å². The third-order valence-corrected chi connectivity index (χ3v) is 6.78. The average molecular weight is 390 g/mol. The summed E-state index contributed by atoms with van der Waals surface area (Å²) < 4.78 is 51.8. The standard InChI is InChI=1S/C19H19FN2O4S/c1-25-13-4-6-19(18(10-13)26-2)27(23,24)22-8-7-16-15(11-22)14-5-3-12(20)9-17(14)21-16/h3-6,9-10,21H,7-8,11H2,1-2H3. The Morgan fingerprint density at radius 2 is 1.93 bits per heavy atom. The highest BCUT2D eigenvalue weighted by Gasteiger charge is 2.32. The van der Waals surface area contributed by atoms with E-state index in [2.05, 4.69) is 4.98 Å². The van der Waals surface area contributed by atoms with Gasteiger partial charge in [-0.3, -0.25) is 0 Å². The van der Waals surface area contributed by atoms with E-state index >= 15 is 0 Å². The number of hydrogen-bond acceptors (Lipinski definition) is 4. The van der Waals surface area contributed by atoms with E-state index in [4.69, 9.17) is 9.47 Å². The summed E-state index contributed by atoms with van der Waals surface area (Å²) in [6, 6.07) is 9.14. The molecule has 0 bridgehead atoms. The van der Waals surface area contributed by atoms with Gasteiger partial charge in [-0.1, -0.05) is 0 Å². The Morgan fingerprint density at radius 1 is 1.11 bits per heavy atom. The zero-order valence-corrected chi connectivity index (χ0v) is 15.8. The molecule has 0 spiro atoms. The first-order valence-corrected chi connectivity index (χ1v) is 9.89. The minimum Gasteiger partial charge on any atom is -0.497 e. The number of aromatic nitrogens is 1. The molecule has 2 heterocycles. The average Bonchev–Trinajstić information content (AvgIpc) is 3.03. The molecule has 0 saturated carbocycles. The summed E-state index contributed by atoms with van der Waals surface area (Å²) in [5.41, 5.74) is 2.51. The van der Waals surface area contributed by atoms with Gasteiger partial charge in [0, 0.05) is 42.2 Å². The summed E-state index contributed by atoms with van der Waals surface area (Å²) in [5.74, 6) is 0.431. The number of sulfonamides is 1. The van der Waals surface area contributed by atoms with Crippen molar-refractivity contribution in [1.82, 2.24) is 9.29 Å². The molecule has 0 amide bonds. The first-order valence-electron chi connectivity index (χ1n) is 8.45. The smallest absolute Gasteiger partial charge is 0.247 e. The van der Waals surface area contributed by atoms with E-state index < -0.39 is 10.0 Å². The van der Waals surface area contributed by atoms with Crippen LogP contribution in [0.1, 0.15) is 11.3 Å². The fourth-order valence-electron chi connectivity index (χ4n) is 3.50. The van der Waals surface area contributed by atoms with Crippen LogP contribution < -0.4 is 9.47 Å². The van der Waals surface area contributed by atoms with Crippen molar-refractivity contribution in [2.24, 2.45) is 0 Å². The molecule has 3 aromatic rings. The van der Waals surface area contributed by atoms with Crippen LogP contribution in [-0.2, 0) is 23.0 Å². The van der Waals surface area contributed by atoms with Crippen LogP contribution in [0.15, 0.2) is 41.3 Å². The van der Waals surface area contributed by atoms with Crippen LogP contribution in [0, 0.1) is 5.82 Å². The second-order valence-electron chi connectivity index (χ2n) is 6.38. The molecule has 8 heteroatoms. The van der Waals surface area contributed by atoms with Crippen molar-refractivity contribution >= 4 is 20.9 Å². The van der Waals surface area contributed by atoms with Crippen LogP contribution in [0.2, 0.25) is 0 Å². The van der Waals surface area contributed by atoms with Gasteiger partial charge in [-0.2, -0.15) is 4.31 Å². The summed E-state index contributed by atoms with van der Waals surface area (Å²) in [5, 5.41) is 0.841. The number of halogens is 1. The van der Waals surface area contributed by atoms with Crippen LogP contribution in [0.5, 0.6) is 11.5 Å². The molecule has 0 fully saturated rings. The highest BCUT2D eigenvalue weighted by atomic mass is 32.2. The fourth-order valence-corrected chi connectivity index (χ4v) is 5.05. The van der Waals surface area contributed by atoms with Crippen LogP contribution in [-0.4, -0.2) is 38.5 Å². The minimum atomic E-state index is -3.76. The van der Waals surface area contributed by atoms with Crippen LogP contribution >= 0.6 is 0 Å². The van der Waals surface area contributed by atoms with Crippen molar-refractivity contribution in [3.8, 4) is 11.5 Å². The molecule has 6 nitrogen and oxygen atoms in total. The predicted octanol–water partition coefficient (Wildman–Crippen LogP) is 3.07. The lowest BCUT2D eigenvalue weighted by atomic mass is 10.1. The predicted molar refractivity (Wildman–Crippen MR) is 99.1 cm³/mol. The lowest BCUT2D eigenvalue weighted by Crippen LogP contribution is -2.36. The molecule has 27 heavy (non-hydrogen) atoms. The number of hydrogen-bond donors (Lipinski definition) is 1. The monoisotopic (exact) mass is 390 g/mol. The molecule has 0 aliphatic carbocycles. The van der Waals surface area contributed by atoms with Gasteiger partial charge in [0.15, 0.2) is 0 Å². The number of fused-ring (bicyclic) bond motifs is 3.